The normalized spacial score (nSPS) is 10.5. The van der Waals surface area contributed by atoms with E-state index in [9.17, 15) is 23.1 Å². The van der Waals surface area contributed by atoms with Crippen LogP contribution in [0.25, 0.3) is 0 Å². The molecule has 0 bridgehead atoms. The van der Waals surface area contributed by atoms with Gasteiger partial charge in [-0.25, -0.2) is 4.98 Å². The van der Waals surface area contributed by atoms with Crippen LogP contribution in [0.2, 0.25) is 0 Å². The second-order valence-electron chi connectivity index (χ2n) is 2.63. The molecule has 0 saturated heterocycles. The Kier molecular flexibility index (Phi) is 5.90. The van der Waals surface area contributed by atoms with Crippen LogP contribution >= 0.6 is 0 Å². The van der Waals surface area contributed by atoms with Gasteiger partial charge < -0.3 is 17.7 Å². The van der Waals surface area contributed by atoms with Gasteiger partial charge in [-0.1, -0.05) is 5.46 Å². The van der Waals surface area contributed by atoms with Crippen LogP contribution in [0.5, 0.6) is 5.88 Å². The molecule has 1 aromatic rings. The Morgan fingerprint density at radius 1 is 1.50 bits per heavy atom. The fourth-order valence-electron chi connectivity index (χ4n) is 0.923. The predicted octanol–water partition coefficient (Wildman–Crippen LogP) is -1.94. The molecule has 1 aromatic heterocycles. The Bertz CT molecular complexity index is 401. The number of halogens is 3. The smallest absolute Gasteiger partial charge is 0.476 e. The maximum absolute atomic E-state index is 12.2. The van der Waals surface area contributed by atoms with E-state index < -0.39 is 28.9 Å². The van der Waals surface area contributed by atoms with Crippen molar-refractivity contribution in [1.29, 1.82) is 0 Å². The van der Waals surface area contributed by atoms with Crippen LogP contribution in [-0.2, 0) is 0 Å². The Labute approximate surface area is 131 Å². The molecular formula is C6H5BF3KN2O3. The van der Waals surface area contributed by atoms with Gasteiger partial charge in [0.15, 0.2) is 0 Å². The summed E-state index contributed by atoms with van der Waals surface area (Å²) in [6.07, 6.45) is 0.506. The van der Waals surface area contributed by atoms with E-state index in [1.807, 2.05) is 0 Å². The largest absolute Gasteiger partial charge is 1.00 e. The van der Waals surface area contributed by atoms with Gasteiger partial charge in [0.2, 0.25) is 0 Å². The maximum Gasteiger partial charge on any atom is 1.00 e. The van der Waals surface area contributed by atoms with Gasteiger partial charge in [0.1, 0.15) is 0 Å². The van der Waals surface area contributed by atoms with Gasteiger partial charge in [-0.3, -0.25) is 10.1 Å². The van der Waals surface area contributed by atoms with Gasteiger partial charge >= 0.3 is 64.0 Å². The van der Waals surface area contributed by atoms with E-state index in [4.69, 9.17) is 0 Å². The Hall–Kier alpha value is -0.159. The second kappa shape index (κ2) is 5.96. The molecular weight excluding hydrogens is 255 g/mol. The van der Waals surface area contributed by atoms with Gasteiger partial charge in [-0.05, 0) is 6.07 Å². The summed E-state index contributed by atoms with van der Waals surface area (Å²) in [6.45, 7) is -5.30. The van der Waals surface area contributed by atoms with E-state index in [1.54, 1.807) is 0 Å². The number of rotatable bonds is 3. The Morgan fingerprint density at radius 3 is 2.44 bits per heavy atom. The van der Waals surface area contributed by atoms with E-state index >= 15 is 0 Å². The van der Waals surface area contributed by atoms with Crippen molar-refractivity contribution in [3.8, 4) is 5.88 Å². The summed E-state index contributed by atoms with van der Waals surface area (Å²) >= 11 is 0. The molecule has 0 aliphatic carbocycles. The third-order valence-electron chi connectivity index (χ3n) is 1.62. The molecule has 16 heavy (non-hydrogen) atoms. The summed E-state index contributed by atoms with van der Waals surface area (Å²) in [7, 11) is 1.09. The van der Waals surface area contributed by atoms with Gasteiger partial charge in [0.25, 0.3) is 5.88 Å². The summed E-state index contributed by atoms with van der Waals surface area (Å²) in [5, 5.41) is 10.4. The zero-order valence-corrected chi connectivity index (χ0v) is 11.6. The van der Waals surface area contributed by atoms with Crippen molar-refractivity contribution < 1.29 is 74.0 Å². The molecule has 0 fully saturated rings. The molecule has 0 aliphatic rings. The van der Waals surface area contributed by atoms with Crippen LogP contribution < -0.4 is 61.6 Å². The van der Waals surface area contributed by atoms with E-state index in [0.29, 0.717) is 12.3 Å². The number of pyridine rings is 1. The summed E-state index contributed by atoms with van der Waals surface area (Å²) < 4.78 is 41.1. The molecule has 1 rings (SSSR count). The van der Waals surface area contributed by atoms with Crippen molar-refractivity contribution in [2.75, 3.05) is 7.11 Å². The Balaban J connectivity index is 0.00000225. The van der Waals surface area contributed by atoms with Gasteiger partial charge in [0, 0.05) is 6.20 Å². The van der Waals surface area contributed by atoms with Crippen molar-refractivity contribution in [3.05, 3.63) is 22.4 Å². The van der Waals surface area contributed by atoms with Gasteiger partial charge in [0.05, 0.1) is 12.0 Å². The average Bonchev–Trinajstić information content (AvgIpc) is 2.15. The SMILES string of the molecule is COc1ncc([B-](F)(F)F)cc1[N+](=O)[O-].[K+]. The second-order valence-corrected chi connectivity index (χ2v) is 2.63. The molecule has 82 valence electrons. The van der Waals surface area contributed by atoms with Crippen LogP contribution in [-0.4, -0.2) is 24.0 Å². The fraction of sp³-hybridized carbons (Fsp3) is 0.167. The van der Waals surface area contributed by atoms with E-state index in [0.717, 1.165) is 7.11 Å². The number of hydrogen-bond donors (Lipinski definition) is 0. The van der Waals surface area contributed by atoms with Crippen LogP contribution in [0.1, 0.15) is 0 Å². The molecule has 0 N–H and O–H groups in total. The molecule has 1 heterocycles. The Morgan fingerprint density at radius 2 is 2.06 bits per heavy atom. The minimum absolute atomic E-state index is 0. The molecule has 5 nitrogen and oxygen atoms in total. The van der Waals surface area contributed by atoms with Crippen molar-refractivity contribution in [1.82, 2.24) is 4.98 Å². The topological polar surface area (TPSA) is 65.3 Å². The molecule has 0 radical (unpaired) electrons. The zero-order valence-electron chi connectivity index (χ0n) is 8.49. The number of aromatic nitrogens is 1. The molecule has 0 unspecified atom stereocenters. The molecule has 0 aromatic carbocycles. The maximum atomic E-state index is 12.2. The van der Waals surface area contributed by atoms with Crippen molar-refractivity contribution in [2.24, 2.45) is 0 Å². The minimum atomic E-state index is -5.30. The summed E-state index contributed by atoms with van der Waals surface area (Å²) in [6, 6.07) is 0.409. The van der Waals surface area contributed by atoms with E-state index in [-0.39, 0.29) is 51.4 Å². The summed E-state index contributed by atoms with van der Waals surface area (Å²) in [5.74, 6) is -0.441. The molecule has 0 atom stereocenters. The third kappa shape index (κ3) is 3.70. The number of methoxy groups -OCH3 is 1. The number of nitrogens with zero attached hydrogens (tertiary/aromatic N) is 2. The minimum Gasteiger partial charge on any atom is -0.476 e. The zero-order chi connectivity index (χ0) is 11.6. The van der Waals surface area contributed by atoms with Crippen molar-refractivity contribution >= 4 is 18.1 Å². The fourth-order valence-corrected chi connectivity index (χ4v) is 0.923. The van der Waals surface area contributed by atoms with E-state index in [2.05, 4.69) is 9.72 Å². The predicted molar refractivity (Wildman–Crippen MR) is 46.2 cm³/mol. The summed E-state index contributed by atoms with van der Waals surface area (Å²) in [5.41, 5.74) is -1.92. The number of hydrogen-bond acceptors (Lipinski definition) is 4. The molecule has 0 aliphatic heterocycles. The number of ether oxygens (including phenoxy) is 1. The monoisotopic (exact) mass is 260 g/mol. The quantitative estimate of drug-likeness (QED) is 0.360. The molecule has 10 heteroatoms. The van der Waals surface area contributed by atoms with Crippen molar-refractivity contribution in [2.45, 2.75) is 0 Å². The van der Waals surface area contributed by atoms with Crippen LogP contribution in [0.3, 0.4) is 0 Å². The number of nitro groups is 1. The first kappa shape index (κ1) is 15.8. The van der Waals surface area contributed by atoms with E-state index in [1.165, 1.54) is 0 Å². The molecule has 0 saturated carbocycles. The van der Waals surface area contributed by atoms with Gasteiger partial charge in [-0.15, -0.1) is 0 Å². The first-order valence-electron chi connectivity index (χ1n) is 3.74. The average molecular weight is 260 g/mol. The molecule has 0 spiro atoms. The summed E-state index contributed by atoms with van der Waals surface area (Å²) in [4.78, 5) is 12.6. The van der Waals surface area contributed by atoms with Crippen LogP contribution in [0.4, 0.5) is 18.6 Å². The third-order valence-corrected chi connectivity index (χ3v) is 1.62. The van der Waals surface area contributed by atoms with Crippen LogP contribution in [0, 0.1) is 10.1 Å². The molecule has 0 amide bonds. The van der Waals surface area contributed by atoms with Gasteiger partial charge in [-0.2, -0.15) is 0 Å². The standard InChI is InChI=1S/C6H5BF3N2O3.K/c1-15-6-5(12(13)14)2-4(3-11-6)7(8,9)10;/h2-3H,1H3;/q-1;+1. The first-order chi connectivity index (χ1) is 6.86. The first-order valence-corrected chi connectivity index (χ1v) is 3.74. The van der Waals surface area contributed by atoms with Crippen LogP contribution in [0.15, 0.2) is 12.3 Å². The van der Waals surface area contributed by atoms with Crippen molar-refractivity contribution in [3.63, 3.8) is 0 Å².